The minimum atomic E-state index is -0.703. The zero-order chi connectivity index (χ0) is 13.3. The van der Waals surface area contributed by atoms with E-state index >= 15 is 0 Å². The van der Waals surface area contributed by atoms with Crippen LogP contribution in [-0.2, 0) is 6.42 Å². The molecule has 0 radical (unpaired) electrons. The normalized spacial score (nSPS) is 10.7. The van der Waals surface area contributed by atoms with Gasteiger partial charge in [-0.3, -0.25) is 0 Å². The molecule has 1 heterocycles. The molecule has 0 bridgehead atoms. The molecular weight excluding hydrogens is 255 g/mol. The van der Waals surface area contributed by atoms with Gasteiger partial charge >= 0.3 is 0 Å². The van der Waals surface area contributed by atoms with Gasteiger partial charge in [0, 0.05) is 16.8 Å². The first-order chi connectivity index (χ1) is 8.52. The predicted molar refractivity (Wildman–Crippen MR) is 68.2 cm³/mol. The first-order valence-corrected chi connectivity index (χ1v) is 5.92. The van der Waals surface area contributed by atoms with Gasteiger partial charge in [0.25, 0.3) is 0 Å². The van der Waals surface area contributed by atoms with Crippen molar-refractivity contribution in [3.8, 4) is 17.1 Å². The van der Waals surface area contributed by atoms with Gasteiger partial charge in [-0.15, -0.1) is 0 Å². The number of hydrogen-bond acceptors (Lipinski definition) is 3. The molecule has 0 aliphatic rings. The molecule has 5 heteroatoms. The maximum atomic E-state index is 13.3. The lowest BCUT2D eigenvalue weighted by molar-refractivity contribution is 0.432. The molecule has 0 amide bonds. The van der Waals surface area contributed by atoms with Gasteiger partial charge in [-0.2, -0.15) is 0 Å². The second-order valence-electron chi connectivity index (χ2n) is 3.93. The van der Waals surface area contributed by atoms with Crippen LogP contribution >= 0.6 is 11.6 Å². The zero-order valence-electron chi connectivity index (χ0n) is 10.0. The summed E-state index contributed by atoms with van der Waals surface area (Å²) in [6.07, 6.45) is 0.724. The van der Waals surface area contributed by atoms with Crippen molar-refractivity contribution < 1.29 is 9.50 Å². The van der Waals surface area contributed by atoms with E-state index in [1.54, 1.807) is 6.07 Å². The third-order valence-corrected chi connectivity index (χ3v) is 3.10. The number of halogens is 2. The molecule has 94 valence electrons. The molecule has 18 heavy (non-hydrogen) atoms. The Bertz CT molecular complexity index is 602. The molecule has 0 saturated carbocycles. The van der Waals surface area contributed by atoms with Crippen molar-refractivity contribution in [2.75, 3.05) is 0 Å². The number of benzene rings is 1. The fraction of sp³-hybridized carbons (Fsp3) is 0.231. The Morgan fingerprint density at radius 1 is 1.33 bits per heavy atom. The number of phenols is 1. The maximum Gasteiger partial charge on any atom is 0.165 e. The minimum Gasteiger partial charge on any atom is -0.505 e. The Morgan fingerprint density at radius 3 is 2.67 bits per heavy atom. The average molecular weight is 267 g/mol. The summed E-state index contributed by atoms with van der Waals surface area (Å²) in [5.41, 5.74) is 2.16. The summed E-state index contributed by atoms with van der Waals surface area (Å²) in [6.45, 7) is 3.81. The summed E-state index contributed by atoms with van der Waals surface area (Å²) in [6, 6.07) is 4.02. The lowest BCUT2D eigenvalue weighted by atomic mass is 10.1. The van der Waals surface area contributed by atoms with Crippen molar-refractivity contribution in [2.45, 2.75) is 20.3 Å². The highest BCUT2D eigenvalue weighted by atomic mass is 35.5. The largest absolute Gasteiger partial charge is 0.505 e. The molecule has 0 aliphatic heterocycles. The van der Waals surface area contributed by atoms with Gasteiger partial charge < -0.3 is 5.11 Å². The van der Waals surface area contributed by atoms with Crippen LogP contribution in [0.25, 0.3) is 11.4 Å². The predicted octanol–water partition coefficient (Wildman–Crippen LogP) is 3.51. The van der Waals surface area contributed by atoms with Crippen LogP contribution in [0.1, 0.15) is 18.2 Å². The van der Waals surface area contributed by atoms with Crippen molar-refractivity contribution in [2.24, 2.45) is 0 Å². The highest BCUT2D eigenvalue weighted by Gasteiger charge is 2.11. The first kappa shape index (κ1) is 12.8. The molecule has 1 N–H and O–H groups in total. The van der Waals surface area contributed by atoms with Crippen molar-refractivity contribution in [1.82, 2.24) is 9.97 Å². The number of rotatable bonds is 2. The highest BCUT2D eigenvalue weighted by Crippen LogP contribution is 2.25. The SMILES string of the molecule is CCc1nc(-c2ccc(O)c(F)c2)nc(Cl)c1C. The summed E-state index contributed by atoms with van der Waals surface area (Å²) in [5, 5.41) is 9.51. The first-order valence-electron chi connectivity index (χ1n) is 5.54. The summed E-state index contributed by atoms with van der Waals surface area (Å²) < 4.78 is 13.3. The summed E-state index contributed by atoms with van der Waals surface area (Å²) in [7, 11) is 0. The van der Waals surface area contributed by atoms with Crippen LogP contribution in [0.4, 0.5) is 4.39 Å². The number of aromatic hydroxyl groups is 1. The van der Waals surface area contributed by atoms with E-state index in [-0.39, 0.29) is 0 Å². The Balaban J connectivity index is 2.57. The molecule has 0 atom stereocenters. The van der Waals surface area contributed by atoms with Gasteiger partial charge in [0.15, 0.2) is 17.4 Å². The summed E-state index contributed by atoms with van der Waals surface area (Å²) in [4.78, 5) is 8.48. The lowest BCUT2D eigenvalue weighted by Gasteiger charge is -2.08. The van der Waals surface area contributed by atoms with E-state index in [9.17, 15) is 4.39 Å². The van der Waals surface area contributed by atoms with Gasteiger partial charge in [0.1, 0.15) is 5.15 Å². The molecule has 0 aliphatic carbocycles. The lowest BCUT2D eigenvalue weighted by Crippen LogP contribution is -1.99. The fourth-order valence-corrected chi connectivity index (χ4v) is 1.84. The van der Waals surface area contributed by atoms with E-state index in [0.717, 1.165) is 17.7 Å². The third kappa shape index (κ3) is 2.29. The van der Waals surface area contributed by atoms with E-state index in [1.165, 1.54) is 12.1 Å². The Morgan fingerprint density at radius 2 is 2.06 bits per heavy atom. The molecule has 1 aromatic carbocycles. The van der Waals surface area contributed by atoms with E-state index < -0.39 is 11.6 Å². The molecule has 2 aromatic rings. The van der Waals surface area contributed by atoms with Crippen LogP contribution < -0.4 is 0 Å². The highest BCUT2D eigenvalue weighted by molar-refractivity contribution is 6.30. The van der Waals surface area contributed by atoms with Crippen LogP contribution in [0, 0.1) is 12.7 Å². The molecular formula is C13H12ClFN2O. The average Bonchev–Trinajstić information content (AvgIpc) is 2.36. The van der Waals surface area contributed by atoms with Gasteiger partial charge in [-0.05, 0) is 31.5 Å². The summed E-state index contributed by atoms with van der Waals surface area (Å²) >= 11 is 6.02. The fourth-order valence-electron chi connectivity index (χ4n) is 1.65. The van der Waals surface area contributed by atoms with E-state index in [4.69, 9.17) is 16.7 Å². The Labute approximate surface area is 109 Å². The summed E-state index contributed by atoms with van der Waals surface area (Å²) in [5.74, 6) is -0.736. The van der Waals surface area contributed by atoms with Crippen molar-refractivity contribution in [1.29, 1.82) is 0 Å². The van der Waals surface area contributed by atoms with E-state index in [2.05, 4.69) is 9.97 Å². The molecule has 1 aromatic heterocycles. The number of phenolic OH excluding ortho intramolecular Hbond substituents is 1. The molecule has 3 nitrogen and oxygen atoms in total. The number of nitrogens with zero attached hydrogens (tertiary/aromatic N) is 2. The van der Waals surface area contributed by atoms with Gasteiger partial charge in [-0.1, -0.05) is 18.5 Å². The zero-order valence-corrected chi connectivity index (χ0v) is 10.8. The van der Waals surface area contributed by atoms with Crippen LogP contribution in [0.5, 0.6) is 5.75 Å². The van der Waals surface area contributed by atoms with E-state index in [0.29, 0.717) is 16.5 Å². The van der Waals surface area contributed by atoms with Gasteiger partial charge in [0.05, 0.1) is 0 Å². The molecule has 0 unspecified atom stereocenters. The Kier molecular flexibility index (Phi) is 3.48. The second-order valence-corrected chi connectivity index (χ2v) is 4.29. The molecule has 2 rings (SSSR count). The standard InChI is InChI=1S/C13H12ClFN2O/c1-3-10-7(2)12(14)17-13(16-10)8-4-5-11(18)9(15)6-8/h4-6,18H,3H2,1-2H3. The topological polar surface area (TPSA) is 46.0 Å². The van der Waals surface area contributed by atoms with Crippen LogP contribution in [0.15, 0.2) is 18.2 Å². The van der Waals surface area contributed by atoms with Crippen molar-refractivity contribution in [3.05, 3.63) is 40.4 Å². The molecule has 0 spiro atoms. The molecule has 0 fully saturated rings. The van der Waals surface area contributed by atoms with Crippen molar-refractivity contribution >= 4 is 11.6 Å². The maximum absolute atomic E-state index is 13.3. The number of hydrogen-bond donors (Lipinski definition) is 1. The van der Waals surface area contributed by atoms with Crippen LogP contribution in [-0.4, -0.2) is 15.1 Å². The monoisotopic (exact) mass is 266 g/mol. The third-order valence-electron chi connectivity index (χ3n) is 2.73. The number of aryl methyl sites for hydroxylation is 1. The van der Waals surface area contributed by atoms with Crippen molar-refractivity contribution in [3.63, 3.8) is 0 Å². The minimum absolute atomic E-state index is 0.362. The van der Waals surface area contributed by atoms with Crippen LogP contribution in [0.3, 0.4) is 0 Å². The van der Waals surface area contributed by atoms with Gasteiger partial charge in [-0.25, -0.2) is 14.4 Å². The Hall–Kier alpha value is -1.68. The van der Waals surface area contributed by atoms with Crippen LogP contribution in [0.2, 0.25) is 5.15 Å². The van der Waals surface area contributed by atoms with E-state index in [1.807, 2.05) is 13.8 Å². The number of aromatic nitrogens is 2. The smallest absolute Gasteiger partial charge is 0.165 e. The molecule has 0 saturated heterocycles. The van der Waals surface area contributed by atoms with Gasteiger partial charge in [0.2, 0.25) is 0 Å². The quantitative estimate of drug-likeness (QED) is 0.846. The second kappa shape index (κ2) is 4.90.